The predicted octanol–water partition coefficient (Wildman–Crippen LogP) is 2.57. The topological polar surface area (TPSA) is 15.3 Å². The van der Waals surface area contributed by atoms with Gasteiger partial charge in [-0.25, -0.2) is 0 Å². The third-order valence-electron chi connectivity index (χ3n) is 3.42. The molecule has 0 aliphatic carbocycles. The summed E-state index contributed by atoms with van der Waals surface area (Å²) in [6.45, 7) is 8.95. The van der Waals surface area contributed by atoms with Crippen LogP contribution in [0.1, 0.15) is 25.8 Å². The molecule has 1 fully saturated rings. The molecule has 0 amide bonds. The van der Waals surface area contributed by atoms with Crippen molar-refractivity contribution in [3.8, 4) is 0 Å². The van der Waals surface area contributed by atoms with Gasteiger partial charge in [-0.05, 0) is 45.9 Å². The van der Waals surface area contributed by atoms with Crippen molar-refractivity contribution in [2.75, 3.05) is 18.0 Å². The third kappa shape index (κ3) is 2.56. The van der Waals surface area contributed by atoms with Gasteiger partial charge in [0.1, 0.15) is 0 Å². The van der Waals surface area contributed by atoms with E-state index in [-0.39, 0.29) is 0 Å². The maximum absolute atomic E-state index is 3.54. The molecule has 1 aliphatic rings. The van der Waals surface area contributed by atoms with Gasteiger partial charge in [-0.2, -0.15) is 0 Å². The smallest absolute Gasteiger partial charge is 0.0369 e. The number of nitrogens with zero attached hydrogens (tertiary/aromatic N) is 1. The molecule has 1 aromatic rings. The summed E-state index contributed by atoms with van der Waals surface area (Å²) in [6.07, 6.45) is 1.22. The van der Waals surface area contributed by atoms with Gasteiger partial charge in [-0.3, -0.25) is 0 Å². The minimum absolute atomic E-state index is 0.575. The van der Waals surface area contributed by atoms with Gasteiger partial charge in [0.25, 0.3) is 0 Å². The highest BCUT2D eigenvalue weighted by atomic mass is 15.2. The number of hydrogen-bond acceptors (Lipinski definition) is 2. The van der Waals surface area contributed by atoms with Crippen LogP contribution in [0.2, 0.25) is 0 Å². The zero-order chi connectivity index (χ0) is 11.5. The second-order valence-corrected chi connectivity index (χ2v) is 4.98. The summed E-state index contributed by atoms with van der Waals surface area (Å²) in [5, 5.41) is 3.54. The Labute approximate surface area is 98.7 Å². The summed E-state index contributed by atoms with van der Waals surface area (Å²) >= 11 is 0. The first kappa shape index (κ1) is 11.5. The first-order chi connectivity index (χ1) is 7.66. The fourth-order valence-corrected chi connectivity index (χ4v) is 2.33. The molecular formula is C14H22N2. The molecule has 2 rings (SSSR count). The summed E-state index contributed by atoms with van der Waals surface area (Å²) in [6, 6.07) is 10.1. The molecule has 0 bridgehead atoms. The molecule has 88 valence electrons. The zero-order valence-electron chi connectivity index (χ0n) is 10.5. The first-order valence-corrected chi connectivity index (χ1v) is 6.23. The molecule has 1 saturated heterocycles. The highest BCUT2D eigenvalue weighted by molar-refractivity contribution is 5.48. The maximum Gasteiger partial charge on any atom is 0.0369 e. The van der Waals surface area contributed by atoms with E-state index in [1.54, 1.807) is 0 Å². The number of anilines is 1. The molecule has 0 radical (unpaired) electrons. The van der Waals surface area contributed by atoms with Crippen LogP contribution < -0.4 is 10.2 Å². The second-order valence-electron chi connectivity index (χ2n) is 4.98. The number of aryl methyl sites for hydroxylation is 1. The van der Waals surface area contributed by atoms with Crippen LogP contribution in [0.4, 0.5) is 5.69 Å². The molecule has 0 saturated carbocycles. The fraction of sp³-hybridized carbons (Fsp3) is 0.571. The van der Waals surface area contributed by atoms with E-state index in [4.69, 9.17) is 0 Å². The zero-order valence-corrected chi connectivity index (χ0v) is 10.5. The molecule has 1 aromatic carbocycles. The highest BCUT2D eigenvalue weighted by Gasteiger charge is 2.20. The van der Waals surface area contributed by atoms with Crippen molar-refractivity contribution in [2.24, 2.45) is 0 Å². The molecule has 0 aromatic heterocycles. The maximum atomic E-state index is 3.54. The van der Waals surface area contributed by atoms with Crippen LogP contribution in [-0.4, -0.2) is 25.2 Å². The summed E-state index contributed by atoms with van der Waals surface area (Å²) < 4.78 is 0. The highest BCUT2D eigenvalue weighted by Crippen LogP contribution is 2.20. The SMILES string of the molecule is Cc1ccc(N2CC(C)NCCC2C)cc1. The van der Waals surface area contributed by atoms with Gasteiger partial charge in [0.2, 0.25) is 0 Å². The van der Waals surface area contributed by atoms with Crippen LogP contribution in [0.15, 0.2) is 24.3 Å². The quantitative estimate of drug-likeness (QED) is 0.779. The average molecular weight is 218 g/mol. The molecular weight excluding hydrogens is 196 g/mol. The normalized spacial score (nSPS) is 26.6. The fourth-order valence-electron chi connectivity index (χ4n) is 2.33. The van der Waals surface area contributed by atoms with E-state index in [9.17, 15) is 0 Å². The molecule has 1 heterocycles. The van der Waals surface area contributed by atoms with E-state index in [1.165, 1.54) is 17.7 Å². The van der Waals surface area contributed by atoms with Crippen molar-refractivity contribution >= 4 is 5.69 Å². The second kappa shape index (κ2) is 4.88. The van der Waals surface area contributed by atoms with Crippen molar-refractivity contribution in [1.82, 2.24) is 5.32 Å². The minimum atomic E-state index is 0.575. The van der Waals surface area contributed by atoms with Gasteiger partial charge in [0.05, 0.1) is 0 Å². The lowest BCUT2D eigenvalue weighted by Crippen LogP contribution is -2.38. The summed E-state index contributed by atoms with van der Waals surface area (Å²) in [7, 11) is 0. The lowest BCUT2D eigenvalue weighted by Gasteiger charge is -2.30. The van der Waals surface area contributed by atoms with E-state index in [2.05, 4.69) is 55.3 Å². The van der Waals surface area contributed by atoms with Crippen molar-refractivity contribution < 1.29 is 0 Å². The summed E-state index contributed by atoms with van der Waals surface area (Å²) in [5.41, 5.74) is 2.69. The molecule has 2 atom stereocenters. The Balaban J connectivity index is 2.19. The van der Waals surface area contributed by atoms with Gasteiger partial charge in [0.15, 0.2) is 0 Å². The van der Waals surface area contributed by atoms with Crippen LogP contribution in [0, 0.1) is 6.92 Å². The van der Waals surface area contributed by atoms with Crippen LogP contribution in [0.5, 0.6) is 0 Å². The molecule has 1 aliphatic heterocycles. The number of benzene rings is 1. The largest absolute Gasteiger partial charge is 0.367 e. The van der Waals surface area contributed by atoms with E-state index in [0.717, 1.165) is 13.1 Å². The van der Waals surface area contributed by atoms with Gasteiger partial charge >= 0.3 is 0 Å². The van der Waals surface area contributed by atoms with E-state index >= 15 is 0 Å². The summed E-state index contributed by atoms with van der Waals surface area (Å²) in [5.74, 6) is 0. The Morgan fingerprint density at radius 3 is 2.56 bits per heavy atom. The number of rotatable bonds is 1. The lowest BCUT2D eigenvalue weighted by atomic mass is 10.1. The minimum Gasteiger partial charge on any atom is -0.367 e. The van der Waals surface area contributed by atoms with E-state index in [0.29, 0.717) is 12.1 Å². The average Bonchev–Trinajstić information content (AvgIpc) is 2.42. The lowest BCUT2D eigenvalue weighted by molar-refractivity contribution is 0.585. The van der Waals surface area contributed by atoms with Crippen molar-refractivity contribution in [3.05, 3.63) is 29.8 Å². The van der Waals surface area contributed by atoms with Gasteiger partial charge in [-0.15, -0.1) is 0 Å². The Hall–Kier alpha value is -1.02. The standard InChI is InChI=1S/C14H22N2/c1-11-4-6-14(7-5-11)16-10-12(2)15-9-8-13(16)3/h4-7,12-13,15H,8-10H2,1-3H3. The Bertz CT molecular complexity index is 331. The summed E-state index contributed by atoms with van der Waals surface area (Å²) in [4.78, 5) is 2.52. The molecule has 16 heavy (non-hydrogen) atoms. The van der Waals surface area contributed by atoms with Crippen LogP contribution in [-0.2, 0) is 0 Å². The number of nitrogens with one attached hydrogen (secondary N) is 1. The van der Waals surface area contributed by atoms with Gasteiger partial charge < -0.3 is 10.2 Å². The van der Waals surface area contributed by atoms with E-state index in [1.807, 2.05) is 0 Å². The van der Waals surface area contributed by atoms with Crippen molar-refractivity contribution in [1.29, 1.82) is 0 Å². The number of hydrogen-bond donors (Lipinski definition) is 1. The Morgan fingerprint density at radius 1 is 1.19 bits per heavy atom. The van der Waals surface area contributed by atoms with Crippen LogP contribution in [0.3, 0.4) is 0 Å². The molecule has 2 unspecified atom stereocenters. The van der Waals surface area contributed by atoms with Gasteiger partial charge in [0, 0.05) is 24.3 Å². The third-order valence-corrected chi connectivity index (χ3v) is 3.42. The van der Waals surface area contributed by atoms with Crippen molar-refractivity contribution in [2.45, 2.75) is 39.3 Å². The van der Waals surface area contributed by atoms with Crippen LogP contribution >= 0.6 is 0 Å². The van der Waals surface area contributed by atoms with Gasteiger partial charge in [-0.1, -0.05) is 17.7 Å². The first-order valence-electron chi connectivity index (χ1n) is 6.23. The Kier molecular flexibility index (Phi) is 3.49. The molecule has 2 heteroatoms. The Morgan fingerprint density at radius 2 is 1.88 bits per heavy atom. The van der Waals surface area contributed by atoms with Crippen LogP contribution in [0.25, 0.3) is 0 Å². The predicted molar refractivity (Wildman–Crippen MR) is 70.1 cm³/mol. The van der Waals surface area contributed by atoms with E-state index < -0.39 is 0 Å². The molecule has 0 spiro atoms. The molecule has 1 N–H and O–H groups in total. The van der Waals surface area contributed by atoms with Crippen molar-refractivity contribution in [3.63, 3.8) is 0 Å². The monoisotopic (exact) mass is 218 g/mol. The molecule has 2 nitrogen and oxygen atoms in total.